The maximum atomic E-state index is 5.65. The second-order valence-corrected chi connectivity index (χ2v) is 5.22. The van der Waals surface area contributed by atoms with E-state index >= 15 is 0 Å². The van der Waals surface area contributed by atoms with Crippen LogP contribution in [0.4, 0.5) is 0 Å². The third-order valence-corrected chi connectivity index (χ3v) is 3.08. The predicted octanol–water partition coefficient (Wildman–Crippen LogP) is 2.59. The summed E-state index contributed by atoms with van der Waals surface area (Å²) in [6.45, 7) is 6.32. The van der Waals surface area contributed by atoms with Gasteiger partial charge in [0.1, 0.15) is 0 Å². The van der Waals surface area contributed by atoms with Crippen LogP contribution >= 0.6 is 11.3 Å². The van der Waals surface area contributed by atoms with Crippen molar-refractivity contribution in [3.63, 3.8) is 0 Å². The van der Waals surface area contributed by atoms with Gasteiger partial charge in [-0.2, -0.15) is 0 Å². The lowest BCUT2D eigenvalue weighted by Gasteiger charge is -2.05. The minimum atomic E-state index is 0.673. The molecule has 4 nitrogen and oxygen atoms in total. The van der Waals surface area contributed by atoms with E-state index in [1.54, 1.807) is 29.2 Å². The number of hydrogen-bond acceptors (Lipinski definition) is 5. The SMILES string of the molecule is CC(C)CNCCc1ncc(-c2cncs2)o1. The Morgan fingerprint density at radius 1 is 1.41 bits per heavy atom. The number of oxazole rings is 1. The Hall–Kier alpha value is -1.20. The summed E-state index contributed by atoms with van der Waals surface area (Å²) in [6, 6.07) is 0. The molecule has 0 saturated heterocycles. The van der Waals surface area contributed by atoms with Crippen LogP contribution in [0.2, 0.25) is 0 Å². The van der Waals surface area contributed by atoms with Crippen molar-refractivity contribution < 1.29 is 4.42 Å². The van der Waals surface area contributed by atoms with Gasteiger partial charge >= 0.3 is 0 Å². The number of hydrogen-bond donors (Lipinski definition) is 1. The third kappa shape index (κ3) is 3.64. The first-order chi connectivity index (χ1) is 8.25. The van der Waals surface area contributed by atoms with Crippen molar-refractivity contribution in [1.82, 2.24) is 15.3 Å². The first kappa shape index (κ1) is 12.3. The van der Waals surface area contributed by atoms with Crippen molar-refractivity contribution in [3.05, 3.63) is 23.8 Å². The van der Waals surface area contributed by atoms with E-state index in [0.717, 1.165) is 36.0 Å². The van der Waals surface area contributed by atoms with E-state index in [1.165, 1.54) is 0 Å². The van der Waals surface area contributed by atoms with Crippen molar-refractivity contribution >= 4 is 11.3 Å². The van der Waals surface area contributed by atoms with Crippen LogP contribution < -0.4 is 5.32 Å². The largest absolute Gasteiger partial charge is 0.440 e. The molecule has 0 unspecified atom stereocenters. The molecule has 92 valence electrons. The second-order valence-electron chi connectivity index (χ2n) is 4.33. The van der Waals surface area contributed by atoms with Crippen LogP contribution in [0.3, 0.4) is 0 Å². The van der Waals surface area contributed by atoms with Crippen LogP contribution in [-0.4, -0.2) is 23.1 Å². The molecule has 2 rings (SSSR count). The maximum Gasteiger partial charge on any atom is 0.196 e. The second kappa shape index (κ2) is 5.93. The molecule has 0 atom stereocenters. The van der Waals surface area contributed by atoms with Crippen molar-refractivity contribution in [1.29, 1.82) is 0 Å². The Kier molecular flexibility index (Phi) is 4.28. The molecular weight excluding hydrogens is 234 g/mol. The molecule has 0 saturated carbocycles. The van der Waals surface area contributed by atoms with Gasteiger partial charge in [-0.3, -0.25) is 4.98 Å². The average molecular weight is 251 g/mol. The zero-order valence-corrected chi connectivity index (χ0v) is 11.0. The Morgan fingerprint density at radius 2 is 2.29 bits per heavy atom. The summed E-state index contributed by atoms with van der Waals surface area (Å²) in [7, 11) is 0. The lowest BCUT2D eigenvalue weighted by Crippen LogP contribution is -2.22. The van der Waals surface area contributed by atoms with Gasteiger partial charge in [-0.1, -0.05) is 13.8 Å². The number of rotatable bonds is 6. The molecule has 5 heteroatoms. The van der Waals surface area contributed by atoms with E-state index < -0.39 is 0 Å². The summed E-state index contributed by atoms with van der Waals surface area (Å²) in [6.07, 6.45) is 4.39. The molecular formula is C12H17N3OS. The van der Waals surface area contributed by atoms with E-state index in [0.29, 0.717) is 5.92 Å². The first-order valence-electron chi connectivity index (χ1n) is 5.80. The van der Waals surface area contributed by atoms with Gasteiger partial charge < -0.3 is 9.73 Å². The van der Waals surface area contributed by atoms with E-state index in [9.17, 15) is 0 Å². The minimum absolute atomic E-state index is 0.673. The zero-order chi connectivity index (χ0) is 12.1. The highest BCUT2D eigenvalue weighted by molar-refractivity contribution is 7.13. The molecule has 0 spiro atoms. The van der Waals surface area contributed by atoms with Crippen LogP contribution in [0.1, 0.15) is 19.7 Å². The molecule has 0 aromatic carbocycles. The fraction of sp³-hybridized carbons (Fsp3) is 0.500. The summed E-state index contributed by atoms with van der Waals surface area (Å²) in [5, 5.41) is 3.37. The van der Waals surface area contributed by atoms with E-state index in [-0.39, 0.29) is 0 Å². The molecule has 2 aromatic heterocycles. The monoisotopic (exact) mass is 251 g/mol. The normalized spacial score (nSPS) is 11.2. The van der Waals surface area contributed by atoms with Crippen molar-refractivity contribution in [2.75, 3.05) is 13.1 Å². The van der Waals surface area contributed by atoms with E-state index in [4.69, 9.17) is 4.42 Å². The van der Waals surface area contributed by atoms with Crippen LogP contribution in [0.25, 0.3) is 10.6 Å². The molecule has 0 aliphatic rings. The molecule has 0 fully saturated rings. The molecule has 0 aliphatic carbocycles. The topological polar surface area (TPSA) is 51.0 Å². The summed E-state index contributed by atoms with van der Waals surface area (Å²) in [5.41, 5.74) is 1.79. The standard InChI is InChI=1S/C12H17N3OS/c1-9(2)5-13-4-3-12-15-6-10(16-12)11-7-14-8-17-11/h6-9,13H,3-5H2,1-2H3. The van der Waals surface area contributed by atoms with Crippen LogP contribution in [0.15, 0.2) is 22.3 Å². The molecule has 0 bridgehead atoms. The van der Waals surface area contributed by atoms with Gasteiger partial charge in [0.05, 0.1) is 16.6 Å². The van der Waals surface area contributed by atoms with E-state index in [1.807, 2.05) is 0 Å². The Labute approximate surface area is 105 Å². The van der Waals surface area contributed by atoms with Crippen molar-refractivity contribution in [3.8, 4) is 10.6 Å². The summed E-state index contributed by atoms with van der Waals surface area (Å²) in [4.78, 5) is 9.31. The van der Waals surface area contributed by atoms with Gasteiger partial charge in [0.15, 0.2) is 11.7 Å². The number of thiazole rings is 1. The summed E-state index contributed by atoms with van der Waals surface area (Å²) < 4.78 is 5.65. The number of nitrogens with one attached hydrogen (secondary N) is 1. The Balaban J connectivity index is 1.83. The molecule has 0 radical (unpaired) electrons. The van der Waals surface area contributed by atoms with Gasteiger partial charge in [0, 0.05) is 19.2 Å². The Bertz CT molecular complexity index is 436. The van der Waals surface area contributed by atoms with E-state index in [2.05, 4.69) is 29.1 Å². The molecule has 2 aromatic rings. The summed E-state index contributed by atoms with van der Waals surface area (Å²) in [5.74, 6) is 2.27. The first-order valence-corrected chi connectivity index (χ1v) is 6.68. The maximum absolute atomic E-state index is 5.65. The highest BCUT2D eigenvalue weighted by Crippen LogP contribution is 2.23. The van der Waals surface area contributed by atoms with Gasteiger partial charge in [-0.05, 0) is 12.5 Å². The van der Waals surface area contributed by atoms with Gasteiger partial charge in [-0.25, -0.2) is 4.98 Å². The molecule has 0 amide bonds. The smallest absolute Gasteiger partial charge is 0.196 e. The molecule has 17 heavy (non-hydrogen) atoms. The Morgan fingerprint density at radius 3 is 3.00 bits per heavy atom. The van der Waals surface area contributed by atoms with Crippen LogP contribution in [-0.2, 0) is 6.42 Å². The zero-order valence-electron chi connectivity index (χ0n) is 10.1. The minimum Gasteiger partial charge on any atom is -0.440 e. The lowest BCUT2D eigenvalue weighted by molar-refractivity contribution is 0.483. The fourth-order valence-electron chi connectivity index (χ4n) is 1.46. The van der Waals surface area contributed by atoms with Crippen LogP contribution in [0, 0.1) is 5.92 Å². The molecule has 2 heterocycles. The molecule has 0 aliphatic heterocycles. The molecule has 1 N–H and O–H groups in total. The van der Waals surface area contributed by atoms with Gasteiger partial charge in [-0.15, -0.1) is 11.3 Å². The summed E-state index contributed by atoms with van der Waals surface area (Å²) >= 11 is 1.56. The van der Waals surface area contributed by atoms with Gasteiger partial charge in [0.2, 0.25) is 0 Å². The number of nitrogens with zero attached hydrogens (tertiary/aromatic N) is 2. The predicted molar refractivity (Wildman–Crippen MR) is 69.0 cm³/mol. The highest BCUT2D eigenvalue weighted by Gasteiger charge is 2.07. The lowest BCUT2D eigenvalue weighted by atomic mass is 10.2. The van der Waals surface area contributed by atoms with Crippen molar-refractivity contribution in [2.45, 2.75) is 20.3 Å². The quantitative estimate of drug-likeness (QED) is 0.802. The van der Waals surface area contributed by atoms with Crippen LogP contribution in [0.5, 0.6) is 0 Å². The van der Waals surface area contributed by atoms with Gasteiger partial charge in [0.25, 0.3) is 0 Å². The highest BCUT2D eigenvalue weighted by atomic mass is 32.1. The van der Waals surface area contributed by atoms with Crippen molar-refractivity contribution in [2.24, 2.45) is 5.92 Å². The fourth-order valence-corrected chi connectivity index (χ4v) is 2.03. The third-order valence-electron chi connectivity index (χ3n) is 2.30. The average Bonchev–Trinajstić information content (AvgIpc) is 2.94. The number of aromatic nitrogens is 2.